The van der Waals surface area contributed by atoms with E-state index in [1.165, 1.54) is 4.90 Å². The number of rotatable bonds is 8. The summed E-state index contributed by atoms with van der Waals surface area (Å²) in [6, 6.07) is -1.07. The summed E-state index contributed by atoms with van der Waals surface area (Å²) < 4.78 is 30.3. The maximum absolute atomic E-state index is 14.5. The van der Waals surface area contributed by atoms with Gasteiger partial charge in [-0.15, -0.1) is 0 Å². The summed E-state index contributed by atoms with van der Waals surface area (Å²) in [5.74, 6) is -6.24. The molecule has 2 bridgehead atoms. The normalized spacial score (nSPS) is 39.0. The van der Waals surface area contributed by atoms with Crippen molar-refractivity contribution in [2.75, 3.05) is 27.9 Å². The van der Waals surface area contributed by atoms with Crippen LogP contribution < -0.4 is 0 Å². The summed E-state index contributed by atoms with van der Waals surface area (Å²) in [6.45, 7) is 17.9. The van der Waals surface area contributed by atoms with E-state index in [-0.39, 0.29) is 74.3 Å². The van der Waals surface area contributed by atoms with Gasteiger partial charge in [0, 0.05) is 64.4 Å². The molecule has 3 heterocycles. The predicted octanol–water partition coefficient (Wildman–Crippen LogP) is 10.1. The van der Waals surface area contributed by atoms with Crippen LogP contribution >= 0.6 is 0 Å². The van der Waals surface area contributed by atoms with Crippen LogP contribution in [0.25, 0.3) is 0 Å². The number of piperidine rings is 1. The van der Waals surface area contributed by atoms with Crippen molar-refractivity contribution in [1.82, 2.24) is 4.90 Å². The number of cyclic esters (lactones) is 1. The fourth-order valence-electron chi connectivity index (χ4n) is 11.3. The van der Waals surface area contributed by atoms with Crippen molar-refractivity contribution in [2.45, 2.75) is 202 Å². The third-order valence-corrected chi connectivity index (χ3v) is 15.8. The predicted molar refractivity (Wildman–Crippen MR) is 267 cm³/mol. The van der Waals surface area contributed by atoms with Crippen molar-refractivity contribution in [1.29, 1.82) is 0 Å². The van der Waals surface area contributed by atoms with Crippen LogP contribution in [-0.2, 0) is 47.7 Å². The molecule has 3 aliphatic heterocycles. The van der Waals surface area contributed by atoms with Gasteiger partial charge in [0.05, 0.1) is 18.3 Å². The number of carbonyl (C=O) groups is 5. The summed E-state index contributed by atoms with van der Waals surface area (Å²) >= 11 is 0. The Hall–Kier alpha value is -3.29. The van der Waals surface area contributed by atoms with E-state index in [2.05, 4.69) is 19.9 Å². The Morgan fingerprint density at radius 1 is 0.838 bits per heavy atom. The first kappa shape index (κ1) is 59.0. The third kappa shape index (κ3) is 15.4. The van der Waals surface area contributed by atoms with Crippen molar-refractivity contribution in [2.24, 2.45) is 47.3 Å². The van der Waals surface area contributed by atoms with E-state index in [1.54, 1.807) is 28.3 Å². The van der Waals surface area contributed by atoms with E-state index in [4.69, 9.17) is 23.7 Å². The Balaban J connectivity index is 0.0000122. The van der Waals surface area contributed by atoms with Crippen LogP contribution in [0.3, 0.4) is 0 Å². The van der Waals surface area contributed by atoms with Crippen LogP contribution in [0.4, 0.5) is 0 Å². The molecule has 4 rings (SSSR count). The van der Waals surface area contributed by atoms with Gasteiger partial charge in [0.2, 0.25) is 5.79 Å². The minimum atomic E-state index is -2.39. The van der Waals surface area contributed by atoms with Crippen LogP contribution in [-0.4, -0.2) is 109 Å². The van der Waals surface area contributed by atoms with Crippen molar-refractivity contribution in [3.05, 3.63) is 47.6 Å². The second kappa shape index (κ2) is 27.9. The van der Waals surface area contributed by atoms with Crippen molar-refractivity contribution in [3.63, 3.8) is 0 Å². The van der Waals surface area contributed by atoms with Gasteiger partial charge >= 0.3 is 5.97 Å². The molecule has 0 aromatic rings. The lowest BCUT2D eigenvalue weighted by molar-refractivity contribution is -0.265. The smallest absolute Gasteiger partial charge is 0.329 e. The average Bonchev–Trinajstić information content (AvgIpc) is 3.31. The number of amides is 1. The maximum Gasteiger partial charge on any atom is 0.329 e. The second-order valence-electron chi connectivity index (χ2n) is 20.8. The van der Waals surface area contributed by atoms with Gasteiger partial charge in [-0.3, -0.25) is 19.2 Å². The van der Waals surface area contributed by atoms with Gasteiger partial charge in [-0.1, -0.05) is 104 Å². The van der Waals surface area contributed by atoms with Gasteiger partial charge in [0.1, 0.15) is 24.0 Å². The first-order chi connectivity index (χ1) is 31.8. The number of aliphatic hydroxyl groups is 1. The lowest BCUT2D eigenvalue weighted by Gasteiger charge is -2.42. The number of methoxy groups -OCH3 is 3. The van der Waals surface area contributed by atoms with Gasteiger partial charge in [0.25, 0.3) is 11.7 Å². The largest absolute Gasteiger partial charge is 0.460 e. The summed E-state index contributed by atoms with van der Waals surface area (Å²) in [5.41, 5.74) is 1.81. The molecule has 12 heteroatoms. The molecular weight excluding hydrogens is 863 g/mol. The summed E-state index contributed by atoms with van der Waals surface area (Å²) in [5, 5.41) is 12.0. The summed E-state index contributed by atoms with van der Waals surface area (Å²) in [4.78, 5) is 72.7. The standard InChI is InChI=1S/C55H87NO11.CH4/c1-13-42-25-24-41(31-49(42)64-11)30-38(7)48-33-46(57)37(6)29-36(5)44(14-2)51(65-12)50(58)39(8)28-34(3)20-16-15-17-21-35(4)47(63-10)32-43-26-23-40(9)55(62,67-43)52(59)53(60)56-27-19-18-22-45(56)54(61)66-48;/h15-17,20-21,29,34,37-45,47-49,51,62H,13-14,18-19,22-28,30-33H2,1-12H3;1H4/b17-15+,20-16+,35-21+,36-29+;/t34-,37-,38?,39-,40-,41+,42-,43+,44-,45+,47+,48?,49-,51-,55-;/m1./s1. The third-order valence-electron chi connectivity index (χ3n) is 15.8. The number of hydrogen-bond donors (Lipinski definition) is 1. The molecular formula is C56H91NO11. The number of hydrogen-bond acceptors (Lipinski definition) is 11. The van der Waals surface area contributed by atoms with E-state index >= 15 is 0 Å². The van der Waals surface area contributed by atoms with Gasteiger partial charge in [-0.25, -0.2) is 4.79 Å². The van der Waals surface area contributed by atoms with Crippen molar-refractivity contribution >= 4 is 29.2 Å². The monoisotopic (exact) mass is 954 g/mol. The van der Waals surface area contributed by atoms with Crippen molar-refractivity contribution in [3.8, 4) is 0 Å². The van der Waals surface area contributed by atoms with Crippen LogP contribution in [0.5, 0.6) is 0 Å². The zero-order valence-electron chi connectivity index (χ0n) is 43.1. The number of ether oxygens (including phenoxy) is 5. The van der Waals surface area contributed by atoms with Crippen LogP contribution in [0.15, 0.2) is 47.6 Å². The molecule has 386 valence electrons. The molecule has 0 radical (unpaired) electrons. The molecule has 1 saturated carbocycles. The molecule has 12 nitrogen and oxygen atoms in total. The highest BCUT2D eigenvalue weighted by Gasteiger charge is 2.53. The summed E-state index contributed by atoms with van der Waals surface area (Å²) in [7, 11) is 4.94. The van der Waals surface area contributed by atoms with Gasteiger partial charge in [-0.05, 0) is 114 Å². The van der Waals surface area contributed by atoms with Crippen LogP contribution in [0, 0.1) is 47.3 Å². The Labute approximate surface area is 410 Å². The number of nitrogens with zero attached hydrogens (tertiary/aromatic N) is 1. The van der Waals surface area contributed by atoms with E-state index in [0.717, 1.165) is 43.3 Å². The fourth-order valence-corrected chi connectivity index (χ4v) is 11.3. The first-order valence-electron chi connectivity index (χ1n) is 25.6. The fraction of sp³-hybridized carbons (Fsp3) is 0.768. The Morgan fingerprint density at radius 2 is 1.56 bits per heavy atom. The molecule has 0 aromatic heterocycles. The average molecular weight is 954 g/mol. The minimum absolute atomic E-state index is 0. The molecule has 2 unspecified atom stereocenters. The summed E-state index contributed by atoms with van der Waals surface area (Å²) in [6.07, 6.45) is 18.2. The molecule has 1 amide bonds. The molecule has 3 fully saturated rings. The lowest BCUT2D eigenvalue weighted by atomic mass is 9.74. The van der Waals surface area contributed by atoms with E-state index in [1.807, 2.05) is 71.9 Å². The lowest BCUT2D eigenvalue weighted by Crippen LogP contribution is -2.61. The SMILES string of the molecule is C.CC[C@@H]1CC[C@@H](CC(C)C2CC(=O)[C@H](C)/C=C(\C)[C@@H](CC)[C@@H](OC)C(=O)[C@H](C)C[C@H](C)/C=C/C=C/C=C(\C)[C@@H](OC)C[C@@H]3CC[C@@H](C)[C@@](O)(O3)C(=O)C(=O)N3CCCC[C@H]3C(=O)O2)C[C@H]1OC. The topological polar surface area (TPSA) is 155 Å². The molecule has 0 spiro atoms. The zero-order valence-corrected chi connectivity index (χ0v) is 43.1. The zero-order chi connectivity index (χ0) is 49.6. The quantitative estimate of drug-likeness (QED) is 0.140. The molecule has 68 heavy (non-hydrogen) atoms. The Kier molecular flexibility index (Phi) is 24.2. The number of allylic oxidation sites excluding steroid dienone is 6. The number of esters is 1. The molecule has 0 aromatic carbocycles. The first-order valence-corrected chi connectivity index (χ1v) is 25.6. The molecule has 4 aliphatic rings. The second-order valence-corrected chi connectivity index (χ2v) is 20.8. The van der Waals surface area contributed by atoms with Gasteiger partial charge in [-0.2, -0.15) is 0 Å². The Bertz CT molecular complexity index is 1790. The Morgan fingerprint density at radius 3 is 2.21 bits per heavy atom. The molecule has 1 N–H and O–H groups in total. The van der Waals surface area contributed by atoms with Crippen LogP contribution in [0.2, 0.25) is 0 Å². The number of carbonyl (C=O) groups excluding carboxylic acids is 5. The number of ketones is 3. The van der Waals surface area contributed by atoms with Gasteiger partial charge < -0.3 is 33.7 Å². The molecule has 1 aliphatic carbocycles. The number of fused-ring (bicyclic) bond motifs is 3. The van der Waals surface area contributed by atoms with Crippen LogP contribution in [0.1, 0.15) is 160 Å². The minimum Gasteiger partial charge on any atom is -0.460 e. The van der Waals surface area contributed by atoms with E-state index in [9.17, 15) is 29.1 Å². The molecule has 2 saturated heterocycles. The van der Waals surface area contributed by atoms with Gasteiger partial charge in [0.15, 0.2) is 5.78 Å². The van der Waals surface area contributed by atoms with Crippen molar-refractivity contribution < 1.29 is 52.8 Å². The number of Topliss-reactive ketones (excluding diaryl/α,β-unsaturated/α-hetero) is 3. The highest BCUT2D eigenvalue weighted by atomic mass is 16.6. The highest BCUT2D eigenvalue weighted by molar-refractivity contribution is 6.39. The van der Waals surface area contributed by atoms with E-state index in [0.29, 0.717) is 56.8 Å². The maximum atomic E-state index is 14.5. The molecule has 15 atom stereocenters. The van der Waals surface area contributed by atoms with E-state index < -0.39 is 59.6 Å². The highest BCUT2D eigenvalue weighted by Crippen LogP contribution is 2.39.